The molecule has 2 nitrogen and oxygen atoms in total. The summed E-state index contributed by atoms with van der Waals surface area (Å²) >= 11 is 0. The van der Waals surface area contributed by atoms with E-state index in [-0.39, 0.29) is 6.04 Å². The van der Waals surface area contributed by atoms with Gasteiger partial charge in [-0.3, -0.25) is 0 Å². The average Bonchev–Trinajstić information content (AvgIpc) is 2.28. The third-order valence-electron chi connectivity index (χ3n) is 3.01. The van der Waals surface area contributed by atoms with E-state index in [4.69, 9.17) is 10.5 Å². The Labute approximate surface area is 98.8 Å². The molecule has 16 heavy (non-hydrogen) atoms. The zero-order valence-electron chi connectivity index (χ0n) is 10.8. The summed E-state index contributed by atoms with van der Waals surface area (Å²) in [6, 6.07) is 6.39. The Morgan fingerprint density at radius 3 is 2.44 bits per heavy atom. The van der Waals surface area contributed by atoms with Gasteiger partial charge in [0.2, 0.25) is 0 Å². The van der Waals surface area contributed by atoms with Crippen molar-refractivity contribution < 1.29 is 4.74 Å². The first-order valence-electron chi connectivity index (χ1n) is 6.12. The Bertz CT molecular complexity index is 334. The van der Waals surface area contributed by atoms with Crippen molar-refractivity contribution in [1.82, 2.24) is 0 Å². The molecule has 0 aliphatic heterocycles. The van der Waals surface area contributed by atoms with Crippen molar-refractivity contribution in [3.05, 3.63) is 29.3 Å². The summed E-state index contributed by atoms with van der Waals surface area (Å²) in [5.74, 6) is 1.50. The zero-order chi connectivity index (χ0) is 12.1. The number of hydrogen-bond donors (Lipinski definition) is 1. The fourth-order valence-electron chi connectivity index (χ4n) is 1.75. The molecule has 0 amide bonds. The molecule has 0 aromatic heterocycles. The highest BCUT2D eigenvalue weighted by molar-refractivity contribution is 5.40. The number of benzene rings is 1. The topological polar surface area (TPSA) is 35.2 Å². The molecule has 90 valence electrons. The molecule has 0 bridgehead atoms. The molecule has 0 fully saturated rings. The molecule has 0 saturated heterocycles. The second kappa shape index (κ2) is 5.90. The average molecular weight is 221 g/mol. The fraction of sp³-hybridized carbons (Fsp3) is 0.571. The van der Waals surface area contributed by atoms with Crippen LogP contribution in [-0.2, 0) is 0 Å². The summed E-state index contributed by atoms with van der Waals surface area (Å²) in [5, 5.41) is 0. The molecule has 1 rings (SSSR count). The number of ether oxygens (including phenoxy) is 1. The Morgan fingerprint density at radius 2 is 1.94 bits per heavy atom. The molecule has 2 N–H and O–H groups in total. The van der Waals surface area contributed by atoms with Crippen LogP contribution in [0.2, 0.25) is 0 Å². The van der Waals surface area contributed by atoms with Gasteiger partial charge in [-0.2, -0.15) is 0 Å². The Kier molecular flexibility index (Phi) is 4.81. The van der Waals surface area contributed by atoms with Crippen LogP contribution < -0.4 is 10.5 Å². The maximum Gasteiger partial charge on any atom is 0.124 e. The second-order valence-corrected chi connectivity index (χ2v) is 4.33. The van der Waals surface area contributed by atoms with E-state index in [2.05, 4.69) is 26.0 Å². The third-order valence-corrected chi connectivity index (χ3v) is 3.01. The van der Waals surface area contributed by atoms with Crippen molar-refractivity contribution >= 4 is 0 Å². The van der Waals surface area contributed by atoms with E-state index in [1.165, 1.54) is 5.56 Å². The fourth-order valence-corrected chi connectivity index (χ4v) is 1.75. The first kappa shape index (κ1) is 13.0. The Morgan fingerprint density at radius 1 is 1.25 bits per heavy atom. The zero-order valence-corrected chi connectivity index (χ0v) is 10.8. The van der Waals surface area contributed by atoms with E-state index in [1.807, 2.05) is 19.9 Å². The van der Waals surface area contributed by atoms with Gasteiger partial charge in [-0.15, -0.1) is 0 Å². The van der Waals surface area contributed by atoms with Gasteiger partial charge in [0.1, 0.15) is 5.75 Å². The molecular formula is C14H23NO. The lowest BCUT2D eigenvalue weighted by Crippen LogP contribution is -2.09. The van der Waals surface area contributed by atoms with Crippen LogP contribution in [0.5, 0.6) is 5.75 Å². The predicted molar refractivity (Wildman–Crippen MR) is 68.9 cm³/mol. The molecule has 0 aliphatic carbocycles. The quantitative estimate of drug-likeness (QED) is 0.824. The van der Waals surface area contributed by atoms with E-state index in [1.54, 1.807) is 0 Å². The molecule has 2 unspecified atom stereocenters. The van der Waals surface area contributed by atoms with Crippen LogP contribution in [0.3, 0.4) is 0 Å². The van der Waals surface area contributed by atoms with Crippen LogP contribution in [0.4, 0.5) is 0 Å². The lowest BCUT2D eigenvalue weighted by atomic mass is 9.95. The van der Waals surface area contributed by atoms with Crippen LogP contribution in [0.25, 0.3) is 0 Å². The van der Waals surface area contributed by atoms with Gasteiger partial charge in [0.15, 0.2) is 0 Å². The van der Waals surface area contributed by atoms with Gasteiger partial charge in [-0.1, -0.05) is 26.0 Å². The summed E-state index contributed by atoms with van der Waals surface area (Å²) in [6.45, 7) is 9.11. The van der Waals surface area contributed by atoms with Crippen LogP contribution in [-0.4, -0.2) is 6.61 Å². The van der Waals surface area contributed by atoms with Gasteiger partial charge >= 0.3 is 0 Å². The van der Waals surface area contributed by atoms with Crippen LogP contribution >= 0.6 is 0 Å². The predicted octanol–water partition coefficient (Wildman–Crippen LogP) is 3.62. The van der Waals surface area contributed by atoms with Crippen molar-refractivity contribution in [3.8, 4) is 5.75 Å². The normalized spacial score (nSPS) is 14.6. The minimum atomic E-state index is 0.0190. The van der Waals surface area contributed by atoms with Crippen molar-refractivity contribution in [3.63, 3.8) is 0 Å². The number of rotatable bonds is 5. The van der Waals surface area contributed by atoms with Crippen molar-refractivity contribution in [2.24, 2.45) is 5.73 Å². The molecule has 0 saturated carbocycles. The third kappa shape index (κ3) is 2.99. The van der Waals surface area contributed by atoms with E-state index < -0.39 is 0 Å². The Balaban J connectivity index is 3.07. The summed E-state index contributed by atoms with van der Waals surface area (Å²) in [7, 11) is 0. The van der Waals surface area contributed by atoms with Gasteiger partial charge in [0, 0.05) is 11.6 Å². The monoisotopic (exact) mass is 221 g/mol. The molecule has 0 spiro atoms. The largest absolute Gasteiger partial charge is 0.494 e. The van der Waals surface area contributed by atoms with E-state index in [0.717, 1.165) is 17.7 Å². The van der Waals surface area contributed by atoms with Crippen molar-refractivity contribution in [1.29, 1.82) is 0 Å². The van der Waals surface area contributed by atoms with Gasteiger partial charge in [0.25, 0.3) is 0 Å². The lowest BCUT2D eigenvalue weighted by molar-refractivity contribution is 0.334. The molecule has 0 radical (unpaired) electrons. The van der Waals surface area contributed by atoms with Crippen LogP contribution in [0.15, 0.2) is 18.2 Å². The minimum absolute atomic E-state index is 0.0190. The molecule has 2 atom stereocenters. The summed E-state index contributed by atoms with van der Waals surface area (Å²) in [6.07, 6.45) is 1.15. The van der Waals surface area contributed by atoms with Crippen molar-refractivity contribution in [2.75, 3.05) is 6.61 Å². The molecule has 0 aliphatic rings. The van der Waals surface area contributed by atoms with Crippen LogP contribution in [0.1, 0.15) is 57.2 Å². The Hall–Kier alpha value is -1.02. The molecular weight excluding hydrogens is 198 g/mol. The maximum absolute atomic E-state index is 5.98. The molecule has 1 aromatic carbocycles. The second-order valence-electron chi connectivity index (χ2n) is 4.33. The highest BCUT2D eigenvalue weighted by Crippen LogP contribution is 2.29. The molecule has 1 aromatic rings. The summed E-state index contributed by atoms with van der Waals surface area (Å²) in [4.78, 5) is 0. The highest BCUT2D eigenvalue weighted by Gasteiger charge is 2.11. The summed E-state index contributed by atoms with van der Waals surface area (Å²) in [5.41, 5.74) is 8.43. The minimum Gasteiger partial charge on any atom is -0.494 e. The number of hydrogen-bond acceptors (Lipinski definition) is 2. The standard InChI is InChI=1S/C14H23NO/c1-5-10(3)12-7-8-14(16-6-2)13(9-12)11(4)15/h7-11H,5-6,15H2,1-4H3. The first-order valence-corrected chi connectivity index (χ1v) is 6.12. The van der Waals surface area contributed by atoms with E-state index in [9.17, 15) is 0 Å². The van der Waals surface area contributed by atoms with Gasteiger partial charge in [-0.05, 0) is 37.8 Å². The molecule has 2 heteroatoms. The maximum atomic E-state index is 5.98. The summed E-state index contributed by atoms with van der Waals surface area (Å²) < 4.78 is 5.59. The smallest absolute Gasteiger partial charge is 0.124 e. The SMILES string of the molecule is CCOc1ccc(C(C)CC)cc1C(C)N. The first-order chi connectivity index (χ1) is 7.60. The van der Waals surface area contributed by atoms with Crippen LogP contribution in [0, 0.1) is 0 Å². The highest BCUT2D eigenvalue weighted by atomic mass is 16.5. The lowest BCUT2D eigenvalue weighted by Gasteiger charge is -2.17. The molecule has 0 heterocycles. The van der Waals surface area contributed by atoms with E-state index in [0.29, 0.717) is 12.5 Å². The van der Waals surface area contributed by atoms with Gasteiger partial charge in [0.05, 0.1) is 6.61 Å². The van der Waals surface area contributed by atoms with Gasteiger partial charge < -0.3 is 10.5 Å². The van der Waals surface area contributed by atoms with Crippen molar-refractivity contribution in [2.45, 2.75) is 46.1 Å². The number of nitrogens with two attached hydrogens (primary N) is 1. The van der Waals surface area contributed by atoms with E-state index >= 15 is 0 Å². The van der Waals surface area contributed by atoms with Gasteiger partial charge in [-0.25, -0.2) is 0 Å².